The number of para-hydroxylation sites is 1. The first-order chi connectivity index (χ1) is 16.7. The molecule has 180 valence electrons. The third-order valence-electron chi connectivity index (χ3n) is 4.90. The van der Waals surface area contributed by atoms with Gasteiger partial charge >= 0.3 is 6.18 Å². The number of carbonyl (C=O) groups is 1. The number of amides is 1. The van der Waals surface area contributed by atoms with E-state index in [1.165, 1.54) is 23.9 Å². The molecule has 0 aliphatic rings. The number of nitrogens with zero attached hydrogens (tertiary/aromatic N) is 4. The van der Waals surface area contributed by atoms with Crippen LogP contribution in [0.4, 0.5) is 18.9 Å². The van der Waals surface area contributed by atoms with Crippen LogP contribution in [0.1, 0.15) is 17.2 Å². The number of hydrogen-bond donors (Lipinski definition) is 2. The Kier molecular flexibility index (Phi) is 7.01. The lowest BCUT2D eigenvalue weighted by Crippen LogP contribution is -2.18. The number of alkyl halides is 3. The number of thioether (sulfide) groups is 1. The van der Waals surface area contributed by atoms with Crippen LogP contribution >= 0.6 is 11.8 Å². The van der Waals surface area contributed by atoms with Gasteiger partial charge in [-0.2, -0.15) is 13.2 Å². The standard InChI is InChI=1S/C23H19F3N6O2S/c1-2-10-32-19(12-20(33)27-15-7-5-6-14(11-15)23(24,25)26)30-31-22(32)35-13-18-28-17-9-4-3-8-16(17)21(34)29-18/h2-9,11H,1,10,12-13H2,(H,27,33)(H,28,29,34). The van der Waals surface area contributed by atoms with Gasteiger partial charge < -0.3 is 14.9 Å². The fourth-order valence-electron chi connectivity index (χ4n) is 3.33. The minimum atomic E-state index is -4.51. The number of fused-ring (bicyclic) bond motifs is 1. The molecule has 0 fully saturated rings. The molecule has 0 saturated heterocycles. The van der Waals surface area contributed by atoms with Crippen LogP contribution in [-0.2, 0) is 29.7 Å². The Morgan fingerprint density at radius 1 is 1.17 bits per heavy atom. The number of rotatable bonds is 8. The van der Waals surface area contributed by atoms with Crippen molar-refractivity contribution in [3.05, 3.63) is 88.8 Å². The second-order valence-corrected chi connectivity index (χ2v) is 8.36. The minimum Gasteiger partial charge on any atom is -0.326 e. The average Bonchev–Trinajstić information content (AvgIpc) is 3.18. The summed E-state index contributed by atoms with van der Waals surface area (Å²) in [4.78, 5) is 32.0. The molecular weight excluding hydrogens is 481 g/mol. The van der Waals surface area contributed by atoms with E-state index in [-0.39, 0.29) is 17.7 Å². The summed E-state index contributed by atoms with van der Waals surface area (Å²) in [7, 11) is 0. The molecule has 35 heavy (non-hydrogen) atoms. The highest BCUT2D eigenvalue weighted by atomic mass is 32.2. The molecule has 0 unspecified atom stereocenters. The molecule has 0 radical (unpaired) electrons. The van der Waals surface area contributed by atoms with Crippen molar-refractivity contribution in [2.75, 3.05) is 5.32 Å². The molecule has 8 nitrogen and oxygen atoms in total. The van der Waals surface area contributed by atoms with E-state index in [2.05, 4.69) is 32.1 Å². The van der Waals surface area contributed by atoms with E-state index in [1.807, 2.05) is 0 Å². The van der Waals surface area contributed by atoms with Crippen molar-refractivity contribution in [2.45, 2.75) is 30.1 Å². The van der Waals surface area contributed by atoms with Crippen molar-refractivity contribution in [2.24, 2.45) is 0 Å². The molecule has 0 atom stereocenters. The van der Waals surface area contributed by atoms with E-state index in [1.54, 1.807) is 34.9 Å². The number of anilines is 1. The topological polar surface area (TPSA) is 106 Å². The minimum absolute atomic E-state index is 0.0283. The fourth-order valence-corrected chi connectivity index (χ4v) is 4.16. The van der Waals surface area contributed by atoms with Gasteiger partial charge in [0.2, 0.25) is 5.91 Å². The molecule has 2 N–H and O–H groups in total. The Bertz CT molecular complexity index is 1450. The van der Waals surface area contributed by atoms with E-state index in [4.69, 9.17) is 0 Å². The average molecular weight is 501 g/mol. The predicted octanol–water partition coefficient (Wildman–Crippen LogP) is 4.19. The van der Waals surface area contributed by atoms with E-state index >= 15 is 0 Å². The molecule has 0 spiro atoms. The van der Waals surface area contributed by atoms with Gasteiger partial charge in [0, 0.05) is 12.2 Å². The summed E-state index contributed by atoms with van der Waals surface area (Å²) in [5, 5.41) is 11.6. The smallest absolute Gasteiger partial charge is 0.326 e. The lowest BCUT2D eigenvalue weighted by molar-refractivity contribution is -0.137. The van der Waals surface area contributed by atoms with Gasteiger partial charge in [-0.25, -0.2) is 4.98 Å². The highest BCUT2D eigenvalue weighted by Gasteiger charge is 2.30. The summed E-state index contributed by atoms with van der Waals surface area (Å²) < 4.78 is 40.4. The molecule has 4 aromatic rings. The summed E-state index contributed by atoms with van der Waals surface area (Å²) in [5.41, 5.74) is -0.498. The summed E-state index contributed by atoms with van der Waals surface area (Å²) in [6, 6.07) is 11.4. The maximum atomic E-state index is 12.9. The van der Waals surface area contributed by atoms with E-state index < -0.39 is 17.6 Å². The van der Waals surface area contributed by atoms with E-state index in [9.17, 15) is 22.8 Å². The first-order valence-corrected chi connectivity index (χ1v) is 11.3. The zero-order valence-electron chi connectivity index (χ0n) is 18.2. The first kappa shape index (κ1) is 24.2. The number of halogens is 3. The van der Waals surface area contributed by atoms with Crippen molar-refractivity contribution in [1.82, 2.24) is 24.7 Å². The van der Waals surface area contributed by atoms with Gasteiger partial charge in [0.25, 0.3) is 5.56 Å². The molecular formula is C23H19F3N6O2S. The predicted molar refractivity (Wildman–Crippen MR) is 126 cm³/mol. The second kappa shape index (κ2) is 10.1. The maximum absolute atomic E-state index is 12.9. The summed E-state index contributed by atoms with van der Waals surface area (Å²) in [6.45, 7) is 4.02. The molecule has 1 amide bonds. The Labute approximate surface area is 201 Å². The zero-order valence-corrected chi connectivity index (χ0v) is 19.0. The second-order valence-electron chi connectivity index (χ2n) is 7.42. The monoisotopic (exact) mass is 500 g/mol. The van der Waals surface area contributed by atoms with E-state index in [0.717, 1.165) is 12.1 Å². The molecule has 4 rings (SSSR count). The van der Waals surface area contributed by atoms with Gasteiger partial charge in [-0.3, -0.25) is 9.59 Å². The molecule has 12 heteroatoms. The summed E-state index contributed by atoms with van der Waals surface area (Å²) in [5.74, 6) is 0.526. The molecule has 0 bridgehead atoms. The van der Waals surface area contributed by atoms with Crippen LogP contribution in [-0.4, -0.2) is 30.6 Å². The van der Waals surface area contributed by atoms with Crippen molar-refractivity contribution < 1.29 is 18.0 Å². The van der Waals surface area contributed by atoms with E-state index in [0.29, 0.717) is 40.0 Å². The van der Waals surface area contributed by atoms with Crippen molar-refractivity contribution in [3.8, 4) is 0 Å². The van der Waals surface area contributed by atoms with Gasteiger partial charge in [-0.15, -0.1) is 16.8 Å². The Hall–Kier alpha value is -3.93. The van der Waals surface area contributed by atoms with Gasteiger partial charge in [0.15, 0.2) is 5.16 Å². The highest BCUT2D eigenvalue weighted by molar-refractivity contribution is 7.98. The first-order valence-electron chi connectivity index (χ1n) is 10.4. The van der Waals surface area contributed by atoms with Crippen LogP contribution in [0.25, 0.3) is 10.9 Å². The van der Waals surface area contributed by atoms with Crippen LogP contribution in [0.5, 0.6) is 0 Å². The number of aromatic nitrogens is 5. The number of benzene rings is 2. The number of H-pyrrole nitrogens is 1. The van der Waals surface area contributed by atoms with Crippen molar-refractivity contribution >= 4 is 34.3 Å². The van der Waals surface area contributed by atoms with Crippen LogP contribution in [0.2, 0.25) is 0 Å². The largest absolute Gasteiger partial charge is 0.416 e. The van der Waals surface area contributed by atoms with Gasteiger partial charge in [0.1, 0.15) is 11.6 Å². The zero-order chi connectivity index (χ0) is 25.0. The van der Waals surface area contributed by atoms with Crippen LogP contribution in [0.3, 0.4) is 0 Å². The molecule has 0 aliphatic heterocycles. The van der Waals surface area contributed by atoms with Gasteiger partial charge in [-0.05, 0) is 30.3 Å². The Morgan fingerprint density at radius 2 is 1.97 bits per heavy atom. The molecule has 2 aromatic carbocycles. The quantitative estimate of drug-likeness (QED) is 0.278. The summed E-state index contributed by atoms with van der Waals surface area (Å²) >= 11 is 1.27. The maximum Gasteiger partial charge on any atom is 0.416 e. The SMILES string of the molecule is C=CCn1c(CC(=O)Nc2cccc(C(F)(F)F)c2)nnc1SCc1nc2ccccc2c(=O)[nH]1. The van der Waals surface area contributed by atoms with Gasteiger partial charge in [0.05, 0.1) is 28.6 Å². The van der Waals surface area contributed by atoms with Crippen molar-refractivity contribution in [1.29, 1.82) is 0 Å². The molecule has 0 aliphatic carbocycles. The lowest BCUT2D eigenvalue weighted by atomic mass is 10.2. The number of hydrogen-bond acceptors (Lipinski definition) is 6. The fraction of sp³-hybridized carbons (Fsp3) is 0.174. The van der Waals surface area contributed by atoms with Crippen LogP contribution < -0.4 is 10.9 Å². The Balaban J connectivity index is 1.47. The summed E-state index contributed by atoms with van der Waals surface area (Å²) in [6.07, 6.45) is -3.11. The normalized spacial score (nSPS) is 11.5. The number of aromatic amines is 1. The molecule has 0 saturated carbocycles. The van der Waals surface area contributed by atoms with Crippen LogP contribution in [0.15, 0.2) is 71.1 Å². The molecule has 2 aromatic heterocycles. The number of nitrogens with one attached hydrogen (secondary N) is 2. The Morgan fingerprint density at radius 3 is 2.74 bits per heavy atom. The highest BCUT2D eigenvalue weighted by Crippen LogP contribution is 2.30. The lowest BCUT2D eigenvalue weighted by Gasteiger charge is -2.10. The number of allylic oxidation sites excluding steroid dienone is 1. The van der Waals surface area contributed by atoms with Crippen LogP contribution in [0, 0.1) is 0 Å². The third-order valence-corrected chi connectivity index (χ3v) is 5.88. The molecule has 2 heterocycles. The third kappa shape index (κ3) is 5.77. The number of carbonyl (C=O) groups excluding carboxylic acids is 1. The van der Waals surface area contributed by atoms with Crippen molar-refractivity contribution in [3.63, 3.8) is 0 Å². The van der Waals surface area contributed by atoms with Gasteiger partial charge in [-0.1, -0.05) is 36.0 Å².